The number of rotatable bonds is 4. The monoisotopic (exact) mass is 143 g/mol. The molecule has 1 atom stereocenters. The predicted molar refractivity (Wildman–Crippen MR) is 43.0 cm³/mol. The molecule has 0 aromatic rings. The van der Waals surface area contributed by atoms with Crippen molar-refractivity contribution >= 4 is 6.29 Å². The average molecular weight is 143 g/mol. The van der Waals surface area contributed by atoms with Crippen LogP contribution in [0.2, 0.25) is 0 Å². The molecule has 2 heteroatoms. The zero-order valence-corrected chi connectivity index (χ0v) is 7.27. The van der Waals surface area contributed by atoms with Crippen molar-refractivity contribution in [3.05, 3.63) is 0 Å². The average Bonchev–Trinajstić information content (AvgIpc) is 1.87. The molecule has 0 aromatic carbocycles. The third-order valence-corrected chi connectivity index (χ3v) is 1.71. The summed E-state index contributed by atoms with van der Waals surface area (Å²) >= 11 is 0. The highest BCUT2D eigenvalue weighted by Gasteiger charge is 2.16. The lowest BCUT2D eigenvalue weighted by Crippen LogP contribution is -2.44. The second-order valence-electron chi connectivity index (χ2n) is 3.31. The third kappa shape index (κ3) is 3.62. The molecule has 0 bridgehead atoms. The summed E-state index contributed by atoms with van der Waals surface area (Å²) in [7, 11) is 0. The third-order valence-electron chi connectivity index (χ3n) is 1.71. The molecule has 1 unspecified atom stereocenters. The molecule has 0 amide bonds. The number of hydrogen-bond acceptors (Lipinski definition) is 2. The number of aldehydes is 1. The van der Waals surface area contributed by atoms with Crippen molar-refractivity contribution in [1.82, 2.24) is 5.32 Å². The lowest BCUT2D eigenvalue weighted by atomic mass is 10.0. The van der Waals surface area contributed by atoms with Crippen LogP contribution in [0.15, 0.2) is 0 Å². The van der Waals surface area contributed by atoms with E-state index in [1.165, 1.54) is 0 Å². The van der Waals surface area contributed by atoms with Gasteiger partial charge in [0.05, 0.1) is 6.04 Å². The first kappa shape index (κ1) is 9.63. The summed E-state index contributed by atoms with van der Waals surface area (Å²) in [5.74, 6) is 0. The van der Waals surface area contributed by atoms with E-state index in [-0.39, 0.29) is 11.6 Å². The van der Waals surface area contributed by atoms with Crippen LogP contribution in [-0.4, -0.2) is 17.9 Å². The van der Waals surface area contributed by atoms with Gasteiger partial charge in [-0.25, -0.2) is 0 Å². The number of carbonyl (C=O) groups excluding carboxylic acids is 1. The quantitative estimate of drug-likeness (QED) is 0.602. The van der Waals surface area contributed by atoms with Crippen molar-refractivity contribution in [2.75, 3.05) is 0 Å². The molecule has 0 radical (unpaired) electrons. The van der Waals surface area contributed by atoms with Gasteiger partial charge in [-0.2, -0.15) is 0 Å². The predicted octanol–water partition coefficient (Wildman–Crippen LogP) is 1.35. The fraction of sp³-hybridized carbons (Fsp3) is 0.875. The Labute approximate surface area is 63.0 Å². The summed E-state index contributed by atoms with van der Waals surface area (Å²) in [6.07, 6.45) is 1.96. The first-order valence-electron chi connectivity index (χ1n) is 3.75. The van der Waals surface area contributed by atoms with Gasteiger partial charge >= 0.3 is 0 Å². The maximum Gasteiger partial charge on any atom is 0.136 e. The standard InChI is InChI=1S/C8H17NO/c1-5-8(3,4)9-7(2)6-10/h6-7,9H,5H2,1-4H3. The van der Waals surface area contributed by atoms with Crippen LogP contribution in [0.25, 0.3) is 0 Å². The van der Waals surface area contributed by atoms with Crippen molar-refractivity contribution in [2.45, 2.75) is 45.7 Å². The molecule has 0 rings (SSSR count). The normalized spacial score (nSPS) is 14.8. The SMILES string of the molecule is CCC(C)(C)NC(C)C=O. The highest BCUT2D eigenvalue weighted by atomic mass is 16.1. The fourth-order valence-corrected chi connectivity index (χ4v) is 0.752. The van der Waals surface area contributed by atoms with Crippen LogP contribution in [0, 0.1) is 0 Å². The number of carbonyl (C=O) groups is 1. The zero-order chi connectivity index (χ0) is 8.20. The van der Waals surface area contributed by atoms with Gasteiger partial charge in [-0.3, -0.25) is 0 Å². The molecule has 60 valence electrons. The molecule has 10 heavy (non-hydrogen) atoms. The Hall–Kier alpha value is -0.370. The van der Waals surface area contributed by atoms with Gasteiger partial charge in [-0.05, 0) is 27.2 Å². The van der Waals surface area contributed by atoms with Crippen LogP contribution in [0.3, 0.4) is 0 Å². The van der Waals surface area contributed by atoms with Crippen LogP contribution in [0.1, 0.15) is 34.1 Å². The largest absolute Gasteiger partial charge is 0.303 e. The summed E-state index contributed by atoms with van der Waals surface area (Å²) in [5, 5.41) is 3.19. The lowest BCUT2D eigenvalue weighted by molar-refractivity contribution is -0.109. The molecule has 0 aliphatic heterocycles. The maximum atomic E-state index is 10.2. The Morgan fingerprint density at radius 2 is 2.10 bits per heavy atom. The van der Waals surface area contributed by atoms with Gasteiger partial charge < -0.3 is 10.1 Å². The Morgan fingerprint density at radius 3 is 2.40 bits per heavy atom. The first-order chi connectivity index (χ1) is 4.52. The zero-order valence-electron chi connectivity index (χ0n) is 7.27. The van der Waals surface area contributed by atoms with Crippen molar-refractivity contribution in [3.63, 3.8) is 0 Å². The van der Waals surface area contributed by atoms with Crippen LogP contribution < -0.4 is 5.32 Å². The Kier molecular flexibility index (Phi) is 3.58. The van der Waals surface area contributed by atoms with Gasteiger partial charge in [0.15, 0.2) is 0 Å². The van der Waals surface area contributed by atoms with Crippen molar-refractivity contribution < 1.29 is 4.79 Å². The Bertz CT molecular complexity index is 110. The van der Waals surface area contributed by atoms with E-state index in [0.29, 0.717) is 0 Å². The Morgan fingerprint density at radius 1 is 1.60 bits per heavy atom. The van der Waals surface area contributed by atoms with Crippen molar-refractivity contribution in [2.24, 2.45) is 0 Å². The minimum Gasteiger partial charge on any atom is -0.303 e. The van der Waals surface area contributed by atoms with Crippen LogP contribution in [0.4, 0.5) is 0 Å². The van der Waals surface area contributed by atoms with Gasteiger partial charge in [0, 0.05) is 5.54 Å². The fourth-order valence-electron chi connectivity index (χ4n) is 0.752. The molecule has 0 spiro atoms. The molecule has 0 aromatic heterocycles. The lowest BCUT2D eigenvalue weighted by Gasteiger charge is -2.26. The van der Waals surface area contributed by atoms with Crippen LogP contribution in [-0.2, 0) is 4.79 Å². The van der Waals surface area contributed by atoms with E-state index in [1.54, 1.807) is 0 Å². The highest BCUT2D eigenvalue weighted by Crippen LogP contribution is 2.06. The van der Waals surface area contributed by atoms with Crippen LogP contribution >= 0.6 is 0 Å². The summed E-state index contributed by atoms with van der Waals surface area (Å²) in [6.45, 7) is 8.15. The van der Waals surface area contributed by atoms with Gasteiger partial charge in [-0.1, -0.05) is 6.92 Å². The first-order valence-corrected chi connectivity index (χ1v) is 3.75. The van der Waals surface area contributed by atoms with Crippen molar-refractivity contribution in [1.29, 1.82) is 0 Å². The van der Waals surface area contributed by atoms with E-state index in [1.807, 2.05) is 6.92 Å². The molecular formula is C8H17NO. The summed E-state index contributed by atoms with van der Waals surface area (Å²) in [5.41, 5.74) is 0.0837. The smallest absolute Gasteiger partial charge is 0.136 e. The molecule has 0 heterocycles. The van der Waals surface area contributed by atoms with E-state index in [9.17, 15) is 4.79 Å². The van der Waals surface area contributed by atoms with E-state index >= 15 is 0 Å². The topological polar surface area (TPSA) is 29.1 Å². The van der Waals surface area contributed by atoms with Gasteiger partial charge in [0.25, 0.3) is 0 Å². The van der Waals surface area contributed by atoms with Crippen LogP contribution in [0.5, 0.6) is 0 Å². The molecular weight excluding hydrogens is 126 g/mol. The van der Waals surface area contributed by atoms with Crippen molar-refractivity contribution in [3.8, 4) is 0 Å². The molecule has 1 N–H and O–H groups in total. The minimum absolute atomic E-state index is 0.0325. The number of nitrogens with one attached hydrogen (secondary N) is 1. The maximum absolute atomic E-state index is 10.2. The molecule has 0 aliphatic carbocycles. The molecule has 0 saturated heterocycles. The van der Waals surface area contributed by atoms with E-state index in [2.05, 4.69) is 26.1 Å². The number of hydrogen-bond donors (Lipinski definition) is 1. The molecule has 2 nitrogen and oxygen atoms in total. The summed E-state index contributed by atoms with van der Waals surface area (Å²) in [6, 6.07) is -0.0325. The Balaban J connectivity index is 3.75. The van der Waals surface area contributed by atoms with Gasteiger partial charge in [0.2, 0.25) is 0 Å². The minimum atomic E-state index is -0.0325. The second-order valence-corrected chi connectivity index (χ2v) is 3.31. The highest BCUT2D eigenvalue weighted by molar-refractivity contribution is 5.56. The van der Waals surface area contributed by atoms with E-state index < -0.39 is 0 Å². The summed E-state index contributed by atoms with van der Waals surface area (Å²) in [4.78, 5) is 10.2. The van der Waals surface area contributed by atoms with Gasteiger partial charge in [-0.15, -0.1) is 0 Å². The van der Waals surface area contributed by atoms with E-state index in [4.69, 9.17) is 0 Å². The summed E-state index contributed by atoms with van der Waals surface area (Å²) < 4.78 is 0. The van der Waals surface area contributed by atoms with Gasteiger partial charge in [0.1, 0.15) is 6.29 Å². The molecule has 0 saturated carbocycles. The second kappa shape index (κ2) is 3.71. The molecule has 0 aliphatic rings. The van der Waals surface area contributed by atoms with E-state index in [0.717, 1.165) is 12.7 Å². The molecule has 0 fully saturated rings.